The van der Waals surface area contributed by atoms with Crippen molar-refractivity contribution in [2.45, 2.75) is 25.9 Å². The van der Waals surface area contributed by atoms with Crippen molar-refractivity contribution in [3.05, 3.63) is 102 Å². The first kappa shape index (κ1) is 23.6. The Morgan fingerprint density at radius 2 is 1.50 bits per heavy atom. The zero-order chi connectivity index (χ0) is 25.1. The number of nitrogens with zero attached hydrogens (tertiary/aromatic N) is 5. The molecule has 0 aliphatic carbocycles. The molecule has 0 fully saturated rings. The third kappa shape index (κ3) is 4.81. The summed E-state index contributed by atoms with van der Waals surface area (Å²) in [4.78, 5) is 13.0. The van der Waals surface area contributed by atoms with Crippen LogP contribution in [0.5, 0.6) is 0 Å². The molecule has 0 aliphatic heterocycles. The Kier molecular flexibility index (Phi) is 6.69. The van der Waals surface area contributed by atoms with Gasteiger partial charge >= 0.3 is 0 Å². The van der Waals surface area contributed by atoms with E-state index in [1.807, 2.05) is 95.9 Å². The minimum absolute atomic E-state index is 0.126. The maximum absolute atomic E-state index is 13.0. The quantitative estimate of drug-likeness (QED) is 0.290. The van der Waals surface area contributed by atoms with Gasteiger partial charge in [-0.2, -0.15) is 5.10 Å². The zero-order valence-corrected chi connectivity index (χ0v) is 21.2. The van der Waals surface area contributed by atoms with Gasteiger partial charge < -0.3 is 5.32 Å². The van der Waals surface area contributed by atoms with E-state index in [2.05, 4.69) is 39.7 Å². The summed E-state index contributed by atoms with van der Waals surface area (Å²) < 4.78 is 3.84. The number of hydrogen-bond donors (Lipinski definition) is 1. The molecule has 0 radical (unpaired) electrons. The number of nitrogens with one attached hydrogen (secondary N) is 1. The van der Waals surface area contributed by atoms with E-state index in [0.717, 1.165) is 39.8 Å². The maximum atomic E-state index is 13.0. The summed E-state index contributed by atoms with van der Waals surface area (Å²) in [5.41, 5.74) is 6.41. The first-order valence-electron chi connectivity index (χ1n) is 11.6. The molecule has 0 saturated heterocycles. The number of rotatable bonds is 7. The minimum Gasteiger partial charge on any atom is -0.322 e. The molecular weight excluding hydrogens is 468 g/mol. The summed E-state index contributed by atoms with van der Waals surface area (Å²) in [7, 11) is 0. The van der Waals surface area contributed by atoms with Crippen LogP contribution in [0.2, 0.25) is 0 Å². The molecule has 5 aromatic rings. The molecule has 0 bridgehead atoms. The number of hydrogen-bond acceptors (Lipinski definition) is 5. The molecule has 8 heteroatoms. The van der Waals surface area contributed by atoms with Crippen molar-refractivity contribution < 1.29 is 4.79 Å². The highest BCUT2D eigenvalue weighted by Crippen LogP contribution is 2.29. The first-order chi connectivity index (χ1) is 17.5. The van der Waals surface area contributed by atoms with E-state index in [9.17, 15) is 4.79 Å². The Morgan fingerprint density at radius 3 is 2.19 bits per heavy atom. The average molecular weight is 495 g/mol. The zero-order valence-electron chi connectivity index (χ0n) is 20.3. The molecule has 0 unspecified atom stereocenters. The van der Waals surface area contributed by atoms with Gasteiger partial charge in [0, 0.05) is 11.3 Å². The lowest BCUT2D eigenvalue weighted by Gasteiger charge is -2.11. The molecule has 0 atom stereocenters. The van der Waals surface area contributed by atoms with Crippen LogP contribution in [0.1, 0.15) is 17.0 Å². The number of carbonyl (C=O) groups excluding carboxylic acids is 1. The minimum atomic E-state index is -0.126. The number of para-hydroxylation sites is 1. The molecule has 3 aromatic carbocycles. The lowest BCUT2D eigenvalue weighted by Crippen LogP contribution is -2.15. The van der Waals surface area contributed by atoms with Gasteiger partial charge in [-0.3, -0.25) is 9.36 Å². The smallest absolute Gasteiger partial charge is 0.234 e. The van der Waals surface area contributed by atoms with Crippen molar-refractivity contribution in [2.24, 2.45) is 0 Å². The van der Waals surface area contributed by atoms with E-state index in [-0.39, 0.29) is 11.7 Å². The monoisotopic (exact) mass is 494 g/mol. The normalized spacial score (nSPS) is 11.0. The van der Waals surface area contributed by atoms with Crippen molar-refractivity contribution in [3.8, 4) is 22.8 Å². The van der Waals surface area contributed by atoms with Crippen molar-refractivity contribution in [1.82, 2.24) is 24.5 Å². The average Bonchev–Trinajstić information content (AvgIpc) is 3.45. The molecule has 0 aliphatic rings. The van der Waals surface area contributed by atoms with Crippen LogP contribution in [-0.2, 0) is 4.79 Å². The molecule has 7 nitrogen and oxygen atoms in total. The van der Waals surface area contributed by atoms with E-state index in [0.29, 0.717) is 5.16 Å². The maximum Gasteiger partial charge on any atom is 0.234 e. The van der Waals surface area contributed by atoms with E-state index in [4.69, 9.17) is 0 Å². The van der Waals surface area contributed by atoms with E-state index in [1.165, 1.54) is 17.3 Å². The second-order valence-electron chi connectivity index (χ2n) is 8.47. The molecule has 0 saturated carbocycles. The number of aryl methyl sites for hydroxylation is 2. The van der Waals surface area contributed by atoms with Crippen molar-refractivity contribution in [3.63, 3.8) is 0 Å². The Balaban J connectivity index is 1.38. The van der Waals surface area contributed by atoms with Gasteiger partial charge in [-0.1, -0.05) is 78.0 Å². The molecule has 2 aromatic heterocycles. The first-order valence-corrected chi connectivity index (χ1v) is 12.6. The van der Waals surface area contributed by atoms with Crippen LogP contribution in [0.25, 0.3) is 22.8 Å². The van der Waals surface area contributed by atoms with Crippen LogP contribution >= 0.6 is 11.8 Å². The van der Waals surface area contributed by atoms with Gasteiger partial charge in [-0.15, -0.1) is 10.2 Å². The predicted molar refractivity (Wildman–Crippen MR) is 144 cm³/mol. The standard InChI is InChI=1S/C28H26N6OS/c1-19-14-16-23(17-15-19)33-27(22-10-6-4-7-11-22)30-31-28(33)36-18-25(35)29-26-20(2)32-34(21(26)3)24-12-8-5-9-13-24/h4-17H,18H2,1-3H3,(H,29,35). The van der Waals surface area contributed by atoms with Crippen LogP contribution < -0.4 is 5.32 Å². The molecule has 36 heavy (non-hydrogen) atoms. The molecule has 0 spiro atoms. The molecule has 2 heterocycles. The highest BCUT2D eigenvalue weighted by atomic mass is 32.2. The van der Waals surface area contributed by atoms with Gasteiger partial charge in [0.1, 0.15) is 0 Å². The molecule has 1 N–H and O–H groups in total. The fourth-order valence-electron chi connectivity index (χ4n) is 4.01. The number of thioether (sulfide) groups is 1. The third-order valence-electron chi connectivity index (χ3n) is 5.85. The van der Waals surface area contributed by atoms with Gasteiger partial charge in [0.2, 0.25) is 5.91 Å². The lowest BCUT2D eigenvalue weighted by molar-refractivity contribution is -0.113. The van der Waals surface area contributed by atoms with E-state index in [1.54, 1.807) is 0 Å². The summed E-state index contributed by atoms with van der Waals surface area (Å²) >= 11 is 1.35. The Morgan fingerprint density at radius 1 is 0.833 bits per heavy atom. The molecule has 1 amide bonds. The lowest BCUT2D eigenvalue weighted by atomic mass is 10.2. The summed E-state index contributed by atoms with van der Waals surface area (Å²) in [6.07, 6.45) is 0. The second-order valence-corrected chi connectivity index (χ2v) is 9.42. The van der Waals surface area contributed by atoms with Gasteiger partial charge in [-0.25, -0.2) is 4.68 Å². The van der Waals surface area contributed by atoms with Crippen LogP contribution in [0.3, 0.4) is 0 Å². The third-order valence-corrected chi connectivity index (χ3v) is 6.78. The Bertz CT molecular complexity index is 1490. The van der Waals surface area contributed by atoms with Crippen LogP contribution in [-0.4, -0.2) is 36.2 Å². The van der Waals surface area contributed by atoms with Crippen LogP contribution in [0.15, 0.2) is 90.1 Å². The number of aromatic nitrogens is 5. The van der Waals surface area contributed by atoms with Gasteiger partial charge in [0.05, 0.1) is 28.5 Å². The second kappa shape index (κ2) is 10.2. The van der Waals surface area contributed by atoms with E-state index < -0.39 is 0 Å². The largest absolute Gasteiger partial charge is 0.322 e. The highest BCUT2D eigenvalue weighted by Gasteiger charge is 2.19. The van der Waals surface area contributed by atoms with Gasteiger partial charge in [0.25, 0.3) is 0 Å². The van der Waals surface area contributed by atoms with Crippen molar-refractivity contribution in [1.29, 1.82) is 0 Å². The van der Waals surface area contributed by atoms with E-state index >= 15 is 0 Å². The Hall–Kier alpha value is -4.17. The fourth-order valence-corrected chi connectivity index (χ4v) is 4.77. The number of anilines is 1. The number of benzene rings is 3. The van der Waals surface area contributed by atoms with Crippen molar-refractivity contribution in [2.75, 3.05) is 11.1 Å². The summed E-state index contributed by atoms with van der Waals surface area (Å²) in [5.74, 6) is 0.797. The highest BCUT2D eigenvalue weighted by molar-refractivity contribution is 7.99. The molecule has 180 valence electrons. The van der Waals surface area contributed by atoms with Gasteiger partial charge in [-0.05, 0) is 45.0 Å². The van der Waals surface area contributed by atoms with Crippen molar-refractivity contribution >= 4 is 23.4 Å². The molecule has 5 rings (SSSR count). The Labute approximate surface area is 214 Å². The fraction of sp³-hybridized carbons (Fsp3) is 0.143. The topological polar surface area (TPSA) is 77.6 Å². The molecular formula is C28H26N6OS. The number of amides is 1. The van der Waals surface area contributed by atoms with Crippen LogP contribution in [0.4, 0.5) is 5.69 Å². The summed E-state index contributed by atoms with van der Waals surface area (Å²) in [5, 5.41) is 17.2. The summed E-state index contributed by atoms with van der Waals surface area (Å²) in [6.45, 7) is 5.91. The number of carbonyl (C=O) groups is 1. The summed E-state index contributed by atoms with van der Waals surface area (Å²) in [6, 6.07) is 28.0. The SMILES string of the molecule is Cc1ccc(-n2c(SCC(=O)Nc3c(C)nn(-c4ccccc4)c3C)nnc2-c2ccccc2)cc1. The predicted octanol–water partition coefficient (Wildman–Crippen LogP) is 5.78. The van der Waals surface area contributed by atoms with Crippen LogP contribution in [0, 0.1) is 20.8 Å². The van der Waals surface area contributed by atoms with Gasteiger partial charge in [0.15, 0.2) is 11.0 Å².